The van der Waals surface area contributed by atoms with Crippen LogP contribution in [0.2, 0.25) is 0 Å². The van der Waals surface area contributed by atoms with E-state index in [2.05, 4.69) is 0 Å². The number of hydrogen-bond donors (Lipinski definition) is 0. The highest BCUT2D eigenvalue weighted by Crippen LogP contribution is 2.37. The molecule has 1 aliphatic carbocycles. The van der Waals surface area contributed by atoms with E-state index in [1.165, 1.54) is 31.4 Å². The maximum absolute atomic E-state index is 14.3. The Hall–Kier alpha value is -3.52. The molecule has 0 fully saturated rings. The van der Waals surface area contributed by atoms with Gasteiger partial charge in [-0.3, -0.25) is 9.59 Å². The summed E-state index contributed by atoms with van der Waals surface area (Å²) < 4.78 is 45.8. The number of halogens is 1. The third-order valence-electron chi connectivity index (χ3n) is 5.27. The fourth-order valence-electron chi connectivity index (χ4n) is 3.81. The van der Waals surface area contributed by atoms with Crippen LogP contribution in [-0.4, -0.2) is 33.0 Å². The van der Waals surface area contributed by atoms with Gasteiger partial charge in [-0.05, 0) is 41.8 Å². The van der Waals surface area contributed by atoms with Crippen LogP contribution in [0, 0.1) is 5.82 Å². The third-order valence-corrected chi connectivity index (χ3v) is 7.12. The minimum atomic E-state index is -4.10. The van der Waals surface area contributed by atoms with Gasteiger partial charge in [-0.2, -0.15) is 0 Å². The molecule has 0 atom stereocenters. The van der Waals surface area contributed by atoms with Gasteiger partial charge in [0.05, 0.1) is 18.6 Å². The predicted octanol–water partition coefficient (Wildman–Crippen LogP) is 4.43. The number of carbonyl (C=O) groups excluding carboxylic acids is 2. The summed E-state index contributed by atoms with van der Waals surface area (Å²) in [4.78, 5) is 26.2. The molecule has 0 aromatic heterocycles. The monoisotopic (exact) mass is 453 g/mol. The first-order chi connectivity index (χ1) is 15.3. The standard InChI is InChI=1S/C24H20FNO5S/c1-3-12-32(29,30)26(16-9-11-22(31-2)21(25)14-16)24(28)15-8-10-18-17-6-4-5-7-19(17)23(27)20(18)13-15/h4-11,13-14H,3,12H2,1-2H3. The molecule has 3 aromatic rings. The second-order valence-corrected chi connectivity index (χ2v) is 9.28. The highest BCUT2D eigenvalue weighted by Gasteiger charge is 2.33. The van der Waals surface area contributed by atoms with Crippen molar-refractivity contribution in [1.29, 1.82) is 0 Å². The van der Waals surface area contributed by atoms with E-state index in [1.54, 1.807) is 25.1 Å². The first kappa shape index (κ1) is 21.7. The number of amides is 1. The predicted molar refractivity (Wildman–Crippen MR) is 119 cm³/mol. The molecular weight excluding hydrogens is 433 g/mol. The van der Waals surface area contributed by atoms with Crippen LogP contribution in [0.3, 0.4) is 0 Å². The van der Waals surface area contributed by atoms with Crippen molar-refractivity contribution in [3.05, 3.63) is 83.2 Å². The lowest BCUT2D eigenvalue weighted by molar-refractivity contribution is 0.100. The van der Waals surface area contributed by atoms with Gasteiger partial charge in [0, 0.05) is 22.8 Å². The van der Waals surface area contributed by atoms with Crippen LogP contribution in [-0.2, 0) is 10.0 Å². The van der Waals surface area contributed by atoms with E-state index in [1.807, 2.05) is 12.1 Å². The minimum Gasteiger partial charge on any atom is -0.494 e. The topological polar surface area (TPSA) is 80.8 Å². The molecule has 6 nitrogen and oxygen atoms in total. The van der Waals surface area contributed by atoms with E-state index in [4.69, 9.17) is 4.74 Å². The van der Waals surface area contributed by atoms with Crippen molar-refractivity contribution in [2.75, 3.05) is 17.2 Å². The van der Waals surface area contributed by atoms with Crippen molar-refractivity contribution in [2.24, 2.45) is 0 Å². The van der Waals surface area contributed by atoms with Gasteiger partial charge in [0.25, 0.3) is 5.91 Å². The van der Waals surface area contributed by atoms with E-state index in [0.29, 0.717) is 21.0 Å². The molecule has 0 N–H and O–H groups in total. The van der Waals surface area contributed by atoms with E-state index < -0.39 is 21.7 Å². The van der Waals surface area contributed by atoms with E-state index in [0.717, 1.165) is 11.6 Å². The summed E-state index contributed by atoms with van der Waals surface area (Å²) in [6.07, 6.45) is 0.267. The third kappa shape index (κ3) is 3.56. The van der Waals surface area contributed by atoms with Crippen LogP contribution < -0.4 is 9.04 Å². The minimum absolute atomic E-state index is 0.0146. The Labute approximate surface area is 185 Å². The molecule has 8 heteroatoms. The van der Waals surface area contributed by atoms with Crippen LogP contribution in [0.25, 0.3) is 11.1 Å². The highest BCUT2D eigenvalue weighted by molar-refractivity contribution is 7.93. The number of carbonyl (C=O) groups is 2. The molecule has 0 spiro atoms. The fourth-order valence-corrected chi connectivity index (χ4v) is 5.30. The summed E-state index contributed by atoms with van der Waals surface area (Å²) in [6, 6.07) is 15.1. The Bertz CT molecular complexity index is 1350. The largest absolute Gasteiger partial charge is 0.494 e. The summed E-state index contributed by atoms with van der Waals surface area (Å²) in [7, 11) is -2.81. The zero-order chi connectivity index (χ0) is 23.0. The van der Waals surface area contributed by atoms with Crippen LogP contribution in [0.15, 0.2) is 60.7 Å². The van der Waals surface area contributed by atoms with Crippen molar-refractivity contribution in [3.63, 3.8) is 0 Å². The van der Waals surface area contributed by atoms with Gasteiger partial charge in [0.1, 0.15) is 0 Å². The number of ketones is 1. The maximum atomic E-state index is 14.3. The van der Waals surface area contributed by atoms with Crippen LogP contribution >= 0.6 is 0 Å². The maximum Gasteiger partial charge on any atom is 0.272 e. The average Bonchev–Trinajstić information content (AvgIpc) is 3.05. The lowest BCUT2D eigenvalue weighted by atomic mass is 10.0. The Kier molecular flexibility index (Phi) is 5.56. The van der Waals surface area contributed by atoms with Gasteiger partial charge < -0.3 is 4.74 Å². The lowest BCUT2D eigenvalue weighted by Gasteiger charge is -2.23. The number of benzene rings is 3. The average molecular weight is 453 g/mol. The number of anilines is 1. The second kappa shape index (κ2) is 8.20. The number of rotatable bonds is 6. The summed E-state index contributed by atoms with van der Waals surface area (Å²) in [6.45, 7) is 1.67. The molecule has 1 aliphatic rings. The molecule has 164 valence electrons. The first-order valence-electron chi connectivity index (χ1n) is 9.97. The highest BCUT2D eigenvalue weighted by atomic mass is 32.2. The van der Waals surface area contributed by atoms with Gasteiger partial charge in [0.15, 0.2) is 17.3 Å². The summed E-state index contributed by atoms with van der Waals surface area (Å²) >= 11 is 0. The quantitative estimate of drug-likeness (QED) is 0.431. The molecule has 0 unspecified atom stereocenters. The van der Waals surface area contributed by atoms with E-state index in [9.17, 15) is 22.4 Å². The molecule has 0 bridgehead atoms. The van der Waals surface area contributed by atoms with Crippen LogP contribution in [0.5, 0.6) is 5.75 Å². The zero-order valence-corrected chi connectivity index (χ0v) is 18.3. The summed E-state index contributed by atoms with van der Waals surface area (Å²) in [5.74, 6) is -2.27. The fraction of sp³-hybridized carbons (Fsp3) is 0.167. The van der Waals surface area contributed by atoms with Gasteiger partial charge in [-0.15, -0.1) is 0 Å². The summed E-state index contributed by atoms with van der Waals surface area (Å²) in [5.41, 5.74) is 2.17. The number of sulfonamides is 1. The van der Waals surface area contributed by atoms with E-state index >= 15 is 0 Å². The van der Waals surface area contributed by atoms with Crippen molar-refractivity contribution in [3.8, 4) is 16.9 Å². The van der Waals surface area contributed by atoms with Crippen LogP contribution in [0.1, 0.15) is 39.6 Å². The normalized spacial score (nSPS) is 12.3. The molecule has 0 heterocycles. The molecule has 0 radical (unpaired) electrons. The summed E-state index contributed by atoms with van der Waals surface area (Å²) in [5, 5.41) is 0. The van der Waals surface area contributed by atoms with Crippen molar-refractivity contribution in [2.45, 2.75) is 13.3 Å². The molecule has 0 aliphatic heterocycles. The van der Waals surface area contributed by atoms with Gasteiger partial charge >= 0.3 is 0 Å². The SMILES string of the molecule is CCCS(=O)(=O)N(C(=O)c1ccc2c(c1)C(=O)c1ccccc1-2)c1ccc(OC)c(F)c1. The first-order valence-corrected chi connectivity index (χ1v) is 11.6. The molecule has 1 amide bonds. The Balaban J connectivity index is 1.81. The van der Waals surface area contributed by atoms with Crippen molar-refractivity contribution >= 4 is 27.4 Å². The Morgan fingerprint density at radius 2 is 1.66 bits per heavy atom. The number of fused-ring (bicyclic) bond motifs is 3. The van der Waals surface area contributed by atoms with Crippen molar-refractivity contribution < 1.29 is 27.1 Å². The molecular formula is C24H20FNO5S. The Morgan fingerprint density at radius 1 is 0.969 bits per heavy atom. The van der Waals surface area contributed by atoms with E-state index in [-0.39, 0.29) is 35.0 Å². The molecule has 3 aromatic carbocycles. The zero-order valence-electron chi connectivity index (χ0n) is 17.5. The number of methoxy groups -OCH3 is 1. The Morgan fingerprint density at radius 3 is 2.31 bits per heavy atom. The molecule has 0 saturated carbocycles. The lowest BCUT2D eigenvalue weighted by Crippen LogP contribution is -2.38. The molecule has 0 saturated heterocycles. The van der Waals surface area contributed by atoms with Crippen molar-refractivity contribution in [1.82, 2.24) is 0 Å². The number of nitrogens with zero attached hydrogens (tertiary/aromatic N) is 1. The molecule has 32 heavy (non-hydrogen) atoms. The van der Waals surface area contributed by atoms with Gasteiger partial charge in [0.2, 0.25) is 10.0 Å². The van der Waals surface area contributed by atoms with Crippen LogP contribution in [0.4, 0.5) is 10.1 Å². The smallest absolute Gasteiger partial charge is 0.272 e. The second-order valence-electron chi connectivity index (χ2n) is 7.34. The van der Waals surface area contributed by atoms with Gasteiger partial charge in [-0.25, -0.2) is 17.1 Å². The van der Waals surface area contributed by atoms with Gasteiger partial charge in [-0.1, -0.05) is 37.3 Å². The molecule has 4 rings (SSSR count). The number of hydrogen-bond acceptors (Lipinski definition) is 5. The number of ether oxygens (including phenoxy) is 1.